The molecular weight excluding hydrogens is 308 g/mol. The highest BCUT2D eigenvalue weighted by atomic mass is 79.9. The molecule has 0 aliphatic carbocycles. The van der Waals surface area contributed by atoms with Gasteiger partial charge in [0.05, 0.1) is 12.7 Å². The fourth-order valence-corrected chi connectivity index (χ4v) is 2.10. The smallest absolute Gasteiger partial charge is 0.335 e. The van der Waals surface area contributed by atoms with Crippen LogP contribution in [0.4, 0.5) is 0 Å². The molecule has 1 rings (SSSR count). The Bertz CT molecular complexity index is 387. The third-order valence-electron chi connectivity index (χ3n) is 2.58. The summed E-state index contributed by atoms with van der Waals surface area (Å²) in [5, 5.41) is 0.830. The van der Waals surface area contributed by atoms with Crippen LogP contribution in [0.2, 0.25) is 0 Å². The predicted molar refractivity (Wildman–Crippen MR) is 79.4 cm³/mol. The molecule has 0 heterocycles. The molecule has 0 radical (unpaired) electrons. The molecule has 1 aromatic rings. The van der Waals surface area contributed by atoms with Crippen LogP contribution in [0.3, 0.4) is 0 Å². The normalized spacial score (nSPS) is 12.5. The number of rotatable bonds is 7. The van der Waals surface area contributed by atoms with E-state index in [1.807, 2.05) is 38.1 Å². The van der Waals surface area contributed by atoms with Gasteiger partial charge >= 0.3 is 5.97 Å². The van der Waals surface area contributed by atoms with Crippen molar-refractivity contribution in [2.75, 3.05) is 6.61 Å². The maximum atomic E-state index is 11.9. The van der Waals surface area contributed by atoms with Crippen LogP contribution >= 0.6 is 15.9 Å². The van der Waals surface area contributed by atoms with E-state index in [9.17, 15) is 4.79 Å². The molecular formula is C15H21BrO3. The van der Waals surface area contributed by atoms with Crippen LogP contribution in [0.5, 0.6) is 0 Å². The van der Waals surface area contributed by atoms with Gasteiger partial charge in [0.2, 0.25) is 0 Å². The lowest BCUT2D eigenvalue weighted by atomic mass is 10.1. The second-order valence-electron chi connectivity index (χ2n) is 4.58. The summed E-state index contributed by atoms with van der Waals surface area (Å²) < 4.78 is 10.7. The third-order valence-corrected chi connectivity index (χ3v) is 3.23. The van der Waals surface area contributed by atoms with Crippen LogP contribution in [0.25, 0.3) is 0 Å². The van der Waals surface area contributed by atoms with Crippen molar-refractivity contribution in [1.29, 1.82) is 0 Å². The largest absolute Gasteiger partial charge is 0.464 e. The van der Waals surface area contributed by atoms with Crippen LogP contribution in [0.1, 0.15) is 31.9 Å². The molecule has 0 amide bonds. The summed E-state index contributed by atoms with van der Waals surface area (Å²) in [6, 6.07) is 8.13. The van der Waals surface area contributed by atoms with Crippen molar-refractivity contribution in [3.63, 3.8) is 0 Å². The van der Waals surface area contributed by atoms with Gasteiger partial charge < -0.3 is 9.47 Å². The zero-order valence-corrected chi connectivity index (χ0v) is 13.3. The van der Waals surface area contributed by atoms with Crippen LogP contribution in [0, 0.1) is 0 Å². The minimum absolute atomic E-state index is 0.00350. The molecule has 0 spiro atoms. The number of esters is 1. The monoisotopic (exact) mass is 328 g/mol. The lowest BCUT2D eigenvalue weighted by Gasteiger charge is -2.19. The van der Waals surface area contributed by atoms with Gasteiger partial charge in [0.25, 0.3) is 0 Å². The lowest BCUT2D eigenvalue weighted by molar-refractivity contribution is -0.159. The van der Waals surface area contributed by atoms with Gasteiger partial charge in [-0.3, -0.25) is 0 Å². The fourth-order valence-electron chi connectivity index (χ4n) is 1.73. The fraction of sp³-hybridized carbons (Fsp3) is 0.533. The van der Waals surface area contributed by atoms with E-state index >= 15 is 0 Å². The van der Waals surface area contributed by atoms with Gasteiger partial charge in [0.15, 0.2) is 6.10 Å². The number of carbonyl (C=O) groups excluding carboxylic acids is 1. The van der Waals surface area contributed by atoms with Crippen molar-refractivity contribution in [2.24, 2.45) is 0 Å². The standard InChI is InChI=1S/C15H21BrO3/c1-4-18-15(17)14(19-11(2)3)9-12-5-7-13(10-16)8-6-12/h5-8,11,14H,4,9-10H2,1-3H3. The highest BCUT2D eigenvalue weighted by Crippen LogP contribution is 2.13. The number of hydrogen-bond donors (Lipinski definition) is 0. The Morgan fingerprint density at radius 1 is 1.21 bits per heavy atom. The first-order chi connectivity index (χ1) is 9.06. The van der Waals surface area contributed by atoms with Crippen molar-refractivity contribution in [3.8, 4) is 0 Å². The average molecular weight is 329 g/mol. The second-order valence-corrected chi connectivity index (χ2v) is 5.14. The summed E-state index contributed by atoms with van der Waals surface area (Å²) >= 11 is 3.41. The summed E-state index contributed by atoms with van der Waals surface area (Å²) in [7, 11) is 0. The zero-order valence-electron chi connectivity index (χ0n) is 11.7. The number of ether oxygens (including phenoxy) is 2. The molecule has 0 fully saturated rings. The summed E-state index contributed by atoms with van der Waals surface area (Å²) in [6.45, 7) is 6.01. The predicted octanol–water partition coefficient (Wildman–Crippen LogP) is 3.48. The number of alkyl halides is 1. The molecule has 0 aliphatic rings. The Labute approximate surface area is 123 Å². The lowest BCUT2D eigenvalue weighted by Crippen LogP contribution is -2.31. The number of hydrogen-bond acceptors (Lipinski definition) is 3. The van der Waals surface area contributed by atoms with Crippen LogP contribution in [-0.2, 0) is 26.0 Å². The molecule has 0 N–H and O–H groups in total. The highest BCUT2D eigenvalue weighted by Gasteiger charge is 2.22. The van der Waals surface area contributed by atoms with Crippen LogP contribution in [0.15, 0.2) is 24.3 Å². The first-order valence-corrected chi connectivity index (χ1v) is 7.64. The molecule has 1 aromatic carbocycles. The average Bonchev–Trinajstić information content (AvgIpc) is 2.38. The van der Waals surface area contributed by atoms with Gasteiger partial charge in [-0.15, -0.1) is 0 Å². The number of halogens is 1. The van der Waals surface area contributed by atoms with Crippen LogP contribution < -0.4 is 0 Å². The first-order valence-electron chi connectivity index (χ1n) is 6.52. The molecule has 0 bridgehead atoms. The van der Waals surface area contributed by atoms with E-state index in [0.717, 1.165) is 10.9 Å². The Morgan fingerprint density at radius 3 is 2.26 bits per heavy atom. The minimum atomic E-state index is -0.533. The zero-order chi connectivity index (χ0) is 14.3. The second kappa shape index (κ2) is 8.33. The van der Waals surface area contributed by atoms with E-state index in [1.165, 1.54) is 5.56 Å². The molecule has 19 heavy (non-hydrogen) atoms. The number of benzene rings is 1. The topological polar surface area (TPSA) is 35.5 Å². The van der Waals surface area contributed by atoms with Crippen molar-refractivity contribution in [3.05, 3.63) is 35.4 Å². The van der Waals surface area contributed by atoms with Crippen molar-refractivity contribution in [2.45, 2.75) is 44.7 Å². The van der Waals surface area contributed by atoms with E-state index < -0.39 is 6.10 Å². The van der Waals surface area contributed by atoms with Gasteiger partial charge in [-0.1, -0.05) is 40.2 Å². The number of carbonyl (C=O) groups is 1. The molecule has 0 aliphatic heterocycles. The van der Waals surface area contributed by atoms with E-state index in [-0.39, 0.29) is 12.1 Å². The molecule has 4 heteroatoms. The maximum absolute atomic E-state index is 11.9. The van der Waals surface area contributed by atoms with Gasteiger partial charge in [0.1, 0.15) is 0 Å². The molecule has 1 unspecified atom stereocenters. The van der Waals surface area contributed by atoms with Crippen molar-refractivity contribution >= 4 is 21.9 Å². The minimum Gasteiger partial charge on any atom is -0.464 e. The summed E-state index contributed by atoms with van der Waals surface area (Å²) in [6.07, 6.45) is 0.00513. The SMILES string of the molecule is CCOC(=O)C(Cc1ccc(CBr)cc1)OC(C)C. The molecule has 106 valence electrons. The quantitative estimate of drug-likeness (QED) is 0.567. The molecule has 1 atom stereocenters. The summed E-state index contributed by atoms with van der Waals surface area (Å²) in [5.74, 6) is -0.291. The van der Waals surface area contributed by atoms with E-state index in [2.05, 4.69) is 15.9 Å². The maximum Gasteiger partial charge on any atom is 0.335 e. The molecule has 3 nitrogen and oxygen atoms in total. The molecule has 0 saturated carbocycles. The Balaban J connectivity index is 2.72. The summed E-state index contributed by atoms with van der Waals surface area (Å²) in [5.41, 5.74) is 2.28. The van der Waals surface area contributed by atoms with Gasteiger partial charge in [-0.05, 0) is 31.9 Å². The first kappa shape index (κ1) is 16.2. The molecule has 0 aromatic heterocycles. The third kappa shape index (κ3) is 5.74. The Morgan fingerprint density at radius 2 is 1.79 bits per heavy atom. The van der Waals surface area contributed by atoms with Crippen LogP contribution in [-0.4, -0.2) is 24.8 Å². The van der Waals surface area contributed by atoms with Gasteiger partial charge in [-0.25, -0.2) is 4.79 Å². The van der Waals surface area contributed by atoms with Crippen molar-refractivity contribution in [1.82, 2.24) is 0 Å². The highest BCUT2D eigenvalue weighted by molar-refractivity contribution is 9.08. The van der Waals surface area contributed by atoms with E-state index in [4.69, 9.17) is 9.47 Å². The Hall–Kier alpha value is -0.870. The van der Waals surface area contributed by atoms with Crippen molar-refractivity contribution < 1.29 is 14.3 Å². The van der Waals surface area contributed by atoms with Gasteiger partial charge in [0, 0.05) is 11.8 Å². The summed E-state index contributed by atoms with van der Waals surface area (Å²) in [4.78, 5) is 11.9. The van der Waals surface area contributed by atoms with Gasteiger partial charge in [-0.2, -0.15) is 0 Å². The van der Waals surface area contributed by atoms with E-state index in [1.54, 1.807) is 6.92 Å². The van der Waals surface area contributed by atoms with E-state index in [0.29, 0.717) is 13.0 Å². The molecule has 0 saturated heterocycles. The Kier molecular flexibility index (Phi) is 7.10.